The normalized spacial score (nSPS) is 15.2. The number of rotatable bonds is 7. The van der Waals surface area contributed by atoms with E-state index in [1.54, 1.807) is 11.8 Å². The summed E-state index contributed by atoms with van der Waals surface area (Å²) in [5.74, 6) is -4.01. The maximum Gasteiger partial charge on any atom is 0.490 e. The summed E-state index contributed by atoms with van der Waals surface area (Å²) in [5, 5.41) is 26.2. The molecule has 46 heavy (non-hydrogen) atoms. The Morgan fingerprint density at radius 1 is 0.978 bits per heavy atom. The topological polar surface area (TPSA) is 165 Å². The number of alkyl halides is 6. The number of benzene rings is 2. The number of aliphatic carboxylic acids is 2. The van der Waals surface area contributed by atoms with Crippen molar-refractivity contribution in [3.8, 4) is 5.75 Å². The Morgan fingerprint density at radius 3 is 2.15 bits per heavy atom. The molecule has 248 valence electrons. The van der Waals surface area contributed by atoms with Gasteiger partial charge in [0.05, 0.1) is 26.4 Å². The van der Waals surface area contributed by atoms with Gasteiger partial charge in [-0.05, 0) is 29.8 Å². The Kier molecular flexibility index (Phi) is 12.2. The van der Waals surface area contributed by atoms with Crippen LogP contribution >= 0.6 is 0 Å². The molecule has 19 heteroatoms. The first-order chi connectivity index (χ1) is 21.7. The highest BCUT2D eigenvalue weighted by atomic mass is 19.4. The zero-order chi connectivity index (χ0) is 33.9. The molecule has 4 aromatic rings. The molecule has 1 fully saturated rings. The highest BCUT2D eigenvalue weighted by Crippen LogP contribution is 2.22. The Morgan fingerprint density at radius 2 is 1.59 bits per heavy atom. The van der Waals surface area contributed by atoms with Gasteiger partial charge < -0.3 is 25.0 Å². The summed E-state index contributed by atoms with van der Waals surface area (Å²) in [6.45, 7) is 3.84. The zero-order valence-corrected chi connectivity index (χ0v) is 23.9. The molecular formula is C27H27F6N7O6. The van der Waals surface area contributed by atoms with Crippen LogP contribution in [-0.2, 0) is 27.4 Å². The van der Waals surface area contributed by atoms with E-state index in [1.165, 1.54) is 11.9 Å². The molecule has 1 aliphatic rings. The van der Waals surface area contributed by atoms with Crippen LogP contribution in [0.25, 0.3) is 11.2 Å². The molecule has 1 aliphatic heterocycles. The van der Waals surface area contributed by atoms with E-state index >= 15 is 0 Å². The van der Waals surface area contributed by atoms with E-state index in [0.29, 0.717) is 30.1 Å². The number of ether oxygens (including phenoxy) is 2. The number of para-hydroxylation sites is 1. The van der Waals surface area contributed by atoms with Crippen LogP contribution in [0, 0.1) is 0 Å². The molecule has 0 spiro atoms. The first-order valence-electron chi connectivity index (χ1n) is 13.1. The number of carbonyl (C=O) groups is 2. The molecular weight excluding hydrogens is 632 g/mol. The van der Waals surface area contributed by atoms with Crippen LogP contribution in [0.1, 0.15) is 5.56 Å². The van der Waals surface area contributed by atoms with E-state index in [-0.39, 0.29) is 6.10 Å². The lowest BCUT2D eigenvalue weighted by Gasteiger charge is -2.32. The molecule has 3 N–H and O–H groups in total. The first-order valence-corrected chi connectivity index (χ1v) is 13.1. The molecule has 1 unspecified atom stereocenters. The van der Waals surface area contributed by atoms with E-state index in [4.69, 9.17) is 29.3 Å². The summed E-state index contributed by atoms with van der Waals surface area (Å²) in [4.78, 5) is 29.0. The number of methoxy groups -OCH3 is 1. The van der Waals surface area contributed by atoms with Crippen LogP contribution in [0.2, 0.25) is 0 Å². The fourth-order valence-electron chi connectivity index (χ4n) is 3.88. The summed E-state index contributed by atoms with van der Waals surface area (Å²) in [7, 11) is 1.68. The third-order valence-electron chi connectivity index (χ3n) is 5.99. The SMILES string of the molecule is COc1ccc(CN2CCOC(Cn3nnc4c(Nc5ccccc5)ncnc43)C2)cc1.O=C(O)C(F)(F)F.O=C(O)C(F)(F)F. The van der Waals surface area contributed by atoms with Crippen LogP contribution in [0.5, 0.6) is 5.75 Å². The number of anilines is 2. The maximum absolute atomic E-state index is 10.6. The van der Waals surface area contributed by atoms with Crippen molar-refractivity contribution in [3.05, 3.63) is 66.5 Å². The minimum atomic E-state index is -5.08. The third-order valence-corrected chi connectivity index (χ3v) is 5.99. The monoisotopic (exact) mass is 659 g/mol. The fraction of sp³-hybridized carbons (Fsp3) is 0.333. The van der Waals surface area contributed by atoms with E-state index in [2.05, 4.69) is 42.6 Å². The fourth-order valence-corrected chi connectivity index (χ4v) is 3.88. The van der Waals surface area contributed by atoms with E-state index in [9.17, 15) is 26.3 Å². The number of carboxylic acids is 2. The van der Waals surface area contributed by atoms with Crippen LogP contribution < -0.4 is 10.1 Å². The van der Waals surface area contributed by atoms with Crippen LogP contribution in [0.4, 0.5) is 37.8 Å². The second kappa shape index (κ2) is 15.8. The smallest absolute Gasteiger partial charge is 0.490 e. The van der Waals surface area contributed by atoms with E-state index in [0.717, 1.165) is 31.1 Å². The minimum absolute atomic E-state index is 0.00685. The van der Waals surface area contributed by atoms with Gasteiger partial charge in [0.2, 0.25) is 0 Å². The Bertz CT molecular complexity index is 1550. The summed E-state index contributed by atoms with van der Waals surface area (Å²) in [6, 6.07) is 18.1. The van der Waals surface area contributed by atoms with Crippen molar-refractivity contribution in [1.82, 2.24) is 29.9 Å². The highest BCUT2D eigenvalue weighted by molar-refractivity contribution is 5.84. The number of nitrogens with zero attached hydrogens (tertiary/aromatic N) is 6. The molecule has 1 saturated heterocycles. The van der Waals surface area contributed by atoms with Gasteiger partial charge in [-0.15, -0.1) is 5.10 Å². The molecule has 5 rings (SSSR count). The lowest BCUT2D eigenvalue weighted by atomic mass is 10.2. The lowest BCUT2D eigenvalue weighted by Crippen LogP contribution is -2.43. The second-order valence-corrected chi connectivity index (χ2v) is 9.34. The van der Waals surface area contributed by atoms with Gasteiger partial charge in [0.1, 0.15) is 12.1 Å². The van der Waals surface area contributed by atoms with Crippen molar-refractivity contribution in [2.75, 3.05) is 32.1 Å². The summed E-state index contributed by atoms with van der Waals surface area (Å²) < 4.78 is 76.5. The largest absolute Gasteiger partial charge is 0.497 e. The molecule has 2 aromatic carbocycles. The molecule has 0 amide bonds. The summed E-state index contributed by atoms with van der Waals surface area (Å²) >= 11 is 0. The van der Waals surface area contributed by atoms with Crippen molar-refractivity contribution in [3.63, 3.8) is 0 Å². The molecule has 13 nitrogen and oxygen atoms in total. The van der Waals surface area contributed by atoms with Gasteiger partial charge in [0, 0.05) is 25.3 Å². The predicted octanol–water partition coefficient (Wildman–Crippen LogP) is 4.14. The number of hydrogen-bond acceptors (Lipinski definition) is 10. The Hall–Kier alpha value is -5.04. The first kappa shape index (κ1) is 35.4. The van der Waals surface area contributed by atoms with E-state index < -0.39 is 24.3 Å². The van der Waals surface area contributed by atoms with Gasteiger partial charge in [-0.2, -0.15) is 26.3 Å². The van der Waals surface area contributed by atoms with Gasteiger partial charge in [0.15, 0.2) is 17.0 Å². The number of carboxylic acid groups (broad SMARTS) is 2. The van der Waals surface area contributed by atoms with Crippen molar-refractivity contribution in [1.29, 1.82) is 0 Å². The molecule has 0 bridgehead atoms. The highest BCUT2D eigenvalue weighted by Gasteiger charge is 2.38. The van der Waals surface area contributed by atoms with Crippen molar-refractivity contribution in [2.45, 2.75) is 31.5 Å². The molecule has 0 saturated carbocycles. The van der Waals surface area contributed by atoms with Gasteiger partial charge in [0.25, 0.3) is 0 Å². The zero-order valence-electron chi connectivity index (χ0n) is 23.9. The molecule has 2 aromatic heterocycles. The Labute approximate surface area is 256 Å². The number of nitrogens with one attached hydrogen (secondary N) is 1. The quantitative estimate of drug-likeness (QED) is 0.243. The van der Waals surface area contributed by atoms with Crippen LogP contribution in [0.15, 0.2) is 60.9 Å². The molecule has 1 atom stereocenters. The summed E-state index contributed by atoms with van der Waals surface area (Å²) in [6.07, 6.45) is -8.63. The van der Waals surface area contributed by atoms with Crippen LogP contribution in [-0.4, -0.2) is 97.3 Å². The standard InChI is InChI=1S/C23H25N7O2.2C2HF3O2/c1-31-19-9-7-17(8-10-19)13-29-11-12-32-20(14-29)15-30-23-21(27-28-30)22(24-16-25-23)26-18-5-3-2-4-6-18;2*3-2(4,5)1(6)7/h2-10,16,20H,11-15H2,1H3,(H,24,25,26);2*(H,6,7). The number of hydrogen-bond donors (Lipinski definition) is 3. The lowest BCUT2D eigenvalue weighted by molar-refractivity contribution is -0.193. The van der Waals surface area contributed by atoms with Gasteiger partial charge >= 0.3 is 24.3 Å². The third kappa shape index (κ3) is 10.8. The van der Waals surface area contributed by atoms with Gasteiger partial charge in [-0.25, -0.2) is 24.2 Å². The maximum atomic E-state index is 10.6. The Balaban J connectivity index is 0.000000345. The molecule has 0 aliphatic carbocycles. The summed E-state index contributed by atoms with van der Waals surface area (Å²) in [5.41, 5.74) is 3.52. The predicted molar refractivity (Wildman–Crippen MR) is 148 cm³/mol. The van der Waals surface area contributed by atoms with E-state index in [1.807, 2.05) is 42.5 Å². The molecule has 3 heterocycles. The number of aromatic nitrogens is 5. The second-order valence-electron chi connectivity index (χ2n) is 9.34. The number of fused-ring (bicyclic) bond motifs is 1. The van der Waals surface area contributed by atoms with Gasteiger partial charge in [-0.3, -0.25) is 4.90 Å². The van der Waals surface area contributed by atoms with Crippen molar-refractivity contribution in [2.24, 2.45) is 0 Å². The minimum Gasteiger partial charge on any atom is -0.497 e. The average molecular weight is 660 g/mol. The number of morpholine rings is 1. The van der Waals surface area contributed by atoms with Gasteiger partial charge in [-0.1, -0.05) is 35.5 Å². The van der Waals surface area contributed by atoms with Crippen molar-refractivity contribution < 1.29 is 55.6 Å². The van der Waals surface area contributed by atoms with Crippen molar-refractivity contribution >= 4 is 34.6 Å². The molecule has 0 radical (unpaired) electrons. The number of halogens is 6. The average Bonchev–Trinajstić information content (AvgIpc) is 3.41. The van der Waals surface area contributed by atoms with Crippen LogP contribution in [0.3, 0.4) is 0 Å².